The van der Waals surface area contributed by atoms with Gasteiger partial charge in [-0.2, -0.15) is 0 Å². The summed E-state index contributed by atoms with van der Waals surface area (Å²) in [6.45, 7) is 8.23. The molecule has 0 N–H and O–H groups in total. The minimum absolute atomic E-state index is 0.782. The first-order valence-corrected chi connectivity index (χ1v) is 17.7. The van der Waals surface area contributed by atoms with Crippen LogP contribution in [0.2, 0.25) is 0 Å². The van der Waals surface area contributed by atoms with Gasteiger partial charge >= 0.3 is 0 Å². The van der Waals surface area contributed by atoms with Gasteiger partial charge in [-0.15, -0.1) is 0 Å². The smallest absolute Gasteiger partial charge is 0.119 e. The van der Waals surface area contributed by atoms with E-state index in [4.69, 9.17) is 9.47 Å². The third-order valence-electron chi connectivity index (χ3n) is 8.76. The SMILES string of the molecule is CCCCCCOc1ccc(-c2ccc(N(c3ccc(CC)cc3)c3ccc(-c4ccc(OCCCCCC)cc4)cc3)cc2)cc1. The molecular formula is C44H51NO2. The van der Waals surface area contributed by atoms with Gasteiger partial charge in [0.2, 0.25) is 0 Å². The molecule has 0 atom stereocenters. The maximum Gasteiger partial charge on any atom is 0.119 e. The van der Waals surface area contributed by atoms with Crippen LogP contribution in [-0.2, 0) is 6.42 Å². The number of aryl methyl sites for hydroxylation is 1. The average molecular weight is 626 g/mol. The van der Waals surface area contributed by atoms with Crippen molar-refractivity contribution in [1.29, 1.82) is 0 Å². The minimum Gasteiger partial charge on any atom is -0.494 e. The second kappa shape index (κ2) is 18.0. The van der Waals surface area contributed by atoms with Gasteiger partial charge in [0.05, 0.1) is 13.2 Å². The number of hydrogen-bond acceptors (Lipinski definition) is 3. The van der Waals surface area contributed by atoms with Gasteiger partial charge in [-0.25, -0.2) is 0 Å². The van der Waals surface area contributed by atoms with Crippen LogP contribution < -0.4 is 14.4 Å². The molecule has 0 saturated carbocycles. The fraction of sp³-hybridized carbons (Fsp3) is 0.318. The predicted octanol–water partition coefficient (Wildman–Crippen LogP) is 13.0. The van der Waals surface area contributed by atoms with Crippen LogP contribution in [0.3, 0.4) is 0 Å². The maximum absolute atomic E-state index is 5.96. The molecule has 0 aromatic heterocycles. The quantitative estimate of drug-likeness (QED) is 0.0904. The summed E-state index contributed by atoms with van der Waals surface area (Å²) in [7, 11) is 0. The molecule has 0 saturated heterocycles. The summed E-state index contributed by atoms with van der Waals surface area (Å²) < 4.78 is 11.9. The Morgan fingerprint density at radius 3 is 1.06 bits per heavy atom. The van der Waals surface area contributed by atoms with Crippen molar-refractivity contribution in [2.75, 3.05) is 18.1 Å². The molecule has 0 heterocycles. The van der Waals surface area contributed by atoms with Crippen molar-refractivity contribution < 1.29 is 9.47 Å². The first-order valence-electron chi connectivity index (χ1n) is 17.7. The molecule has 5 rings (SSSR count). The molecule has 0 aliphatic rings. The Labute approximate surface area is 283 Å². The van der Waals surface area contributed by atoms with Crippen molar-refractivity contribution in [3.05, 3.63) is 127 Å². The van der Waals surface area contributed by atoms with Crippen LogP contribution in [0.15, 0.2) is 121 Å². The highest BCUT2D eigenvalue weighted by atomic mass is 16.5. The molecule has 0 aliphatic carbocycles. The fourth-order valence-electron chi connectivity index (χ4n) is 5.86. The van der Waals surface area contributed by atoms with Crippen molar-refractivity contribution in [3.8, 4) is 33.8 Å². The largest absolute Gasteiger partial charge is 0.494 e. The van der Waals surface area contributed by atoms with E-state index in [2.05, 4.69) is 147 Å². The van der Waals surface area contributed by atoms with Crippen LogP contribution in [0.5, 0.6) is 11.5 Å². The maximum atomic E-state index is 5.96. The molecule has 0 spiro atoms. The normalized spacial score (nSPS) is 11.0. The molecule has 47 heavy (non-hydrogen) atoms. The molecule has 0 radical (unpaired) electrons. The highest BCUT2D eigenvalue weighted by Crippen LogP contribution is 2.37. The van der Waals surface area contributed by atoms with E-state index in [1.165, 1.54) is 66.3 Å². The molecule has 5 aromatic rings. The summed E-state index contributed by atoms with van der Waals surface area (Å²) in [5, 5.41) is 0. The lowest BCUT2D eigenvalue weighted by atomic mass is 10.0. The highest BCUT2D eigenvalue weighted by Gasteiger charge is 2.13. The zero-order chi connectivity index (χ0) is 32.7. The summed E-state index contributed by atoms with van der Waals surface area (Å²) in [5.74, 6) is 1.88. The molecular weight excluding hydrogens is 574 g/mol. The highest BCUT2D eigenvalue weighted by molar-refractivity contribution is 5.80. The standard InChI is InChI=1S/C44H51NO2/c1-4-7-9-11-33-46-43-29-19-38(20-30-43)36-15-25-41(26-16-36)45(40-23-13-35(6-3)14-24-40)42-27-17-37(18-28-42)39-21-31-44(32-22-39)47-34-12-10-8-5-2/h13-32H,4-12,33-34H2,1-3H3. The van der Waals surface area contributed by atoms with Crippen LogP contribution in [0.4, 0.5) is 17.1 Å². The molecule has 244 valence electrons. The van der Waals surface area contributed by atoms with Gasteiger partial charge in [0, 0.05) is 17.1 Å². The number of rotatable bonds is 18. The predicted molar refractivity (Wildman–Crippen MR) is 201 cm³/mol. The Kier molecular flexibility index (Phi) is 13.0. The number of unbranched alkanes of at least 4 members (excludes halogenated alkanes) is 6. The van der Waals surface area contributed by atoms with Crippen molar-refractivity contribution in [3.63, 3.8) is 0 Å². The Morgan fingerprint density at radius 2 is 0.723 bits per heavy atom. The molecule has 0 fully saturated rings. The lowest BCUT2D eigenvalue weighted by molar-refractivity contribution is 0.305. The van der Waals surface area contributed by atoms with E-state index in [0.717, 1.165) is 61.0 Å². The van der Waals surface area contributed by atoms with Crippen LogP contribution in [0.25, 0.3) is 22.3 Å². The molecule has 0 bridgehead atoms. The first-order chi connectivity index (χ1) is 23.2. The Morgan fingerprint density at radius 1 is 0.383 bits per heavy atom. The van der Waals surface area contributed by atoms with Crippen molar-refractivity contribution in [2.24, 2.45) is 0 Å². The van der Waals surface area contributed by atoms with E-state index in [1.807, 2.05) is 0 Å². The third kappa shape index (κ3) is 9.75. The van der Waals surface area contributed by atoms with Crippen LogP contribution in [0.1, 0.15) is 77.7 Å². The van der Waals surface area contributed by atoms with Crippen molar-refractivity contribution in [1.82, 2.24) is 0 Å². The average Bonchev–Trinajstić information content (AvgIpc) is 3.13. The fourth-order valence-corrected chi connectivity index (χ4v) is 5.86. The minimum atomic E-state index is 0.782. The summed E-state index contributed by atoms with van der Waals surface area (Å²) in [4.78, 5) is 2.33. The molecule has 3 heteroatoms. The van der Waals surface area contributed by atoms with E-state index in [-0.39, 0.29) is 0 Å². The van der Waals surface area contributed by atoms with Gasteiger partial charge in [-0.3, -0.25) is 0 Å². The number of anilines is 3. The topological polar surface area (TPSA) is 21.7 Å². The van der Waals surface area contributed by atoms with Crippen LogP contribution in [0, 0.1) is 0 Å². The molecule has 0 amide bonds. The Balaban J connectivity index is 1.30. The summed E-state index contributed by atoms with van der Waals surface area (Å²) in [6, 6.07) is 43.6. The molecule has 0 aliphatic heterocycles. The summed E-state index contributed by atoms with van der Waals surface area (Å²) in [6.07, 6.45) is 10.7. The number of nitrogens with zero attached hydrogens (tertiary/aromatic N) is 1. The zero-order valence-electron chi connectivity index (χ0n) is 28.6. The monoisotopic (exact) mass is 625 g/mol. The molecule has 5 aromatic carbocycles. The molecule has 3 nitrogen and oxygen atoms in total. The lowest BCUT2D eigenvalue weighted by Gasteiger charge is -2.26. The van der Waals surface area contributed by atoms with Crippen molar-refractivity contribution in [2.45, 2.75) is 78.6 Å². The van der Waals surface area contributed by atoms with E-state index >= 15 is 0 Å². The third-order valence-corrected chi connectivity index (χ3v) is 8.76. The van der Waals surface area contributed by atoms with Gasteiger partial charge in [0.25, 0.3) is 0 Å². The lowest BCUT2D eigenvalue weighted by Crippen LogP contribution is -2.09. The second-order valence-electron chi connectivity index (χ2n) is 12.3. The molecule has 0 unspecified atom stereocenters. The van der Waals surface area contributed by atoms with Gasteiger partial charge in [0.1, 0.15) is 11.5 Å². The number of ether oxygens (including phenoxy) is 2. The Bertz CT molecular complexity index is 1490. The van der Waals surface area contributed by atoms with E-state index < -0.39 is 0 Å². The second-order valence-corrected chi connectivity index (χ2v) is 12.3. The zero-order valence-corrected chi connectivity index (χ0v) is 28.6. The summed E-state index contributed by atoms with van der Waals surface area (Å²) >= 11 is 0. The van der Waals surface area contributed by atoms with E-state index in [1.54, 1.807) is 0 Å². The Hall–Kier alpha value is -4.50. The van der Waals surface area contributed by atoms with Crippen LogP contribution in [-0.4, -0.2) is 13.2 Å². The van der Waals surface area contributed by atoms with E-state index in [0.29, 0.717) is 0 Å². The van der Waals surface area contributed by atoms with E-state index in [9.17, 15) is 0 Å². The number of hydrogen-bond donors (Lipinski definition) is 0. The van der Waals surface area contributed by atoms with Gasteiger partial charge in [-0.05, 0) is 108 Å². The van der Waals surface area contributed by atoms with Gasteiger partial charge < -0.3 is 14.4 Å². The van der Waals surface area contributed by atoms with Crippen molar-refractivity contribution >= 4 is 17.1 Å². The number of benzene rings is 5. The van der Waals surface area contributed by atoms with Crippen LogP contribution >= 0.6 is 0 Å². The summed E-state index contributed by atoms with van der Waals surface area (Å²) in [5.41, 5.74) is 9.47. The first kappa shape index (κ1) is 33.9. The van der Waals surface area contributed by atoms with Gasteiger partial charge in [-0.1, -0.05) is 120 Å². The van der Waals surface area contributed by atoms with Gasteiger partial charge in [0.15, 0.2) is 0 Å².